The summed E-state index contributed by atoms with van der Waals surface area (Å²) in [5, 5.41) is 9.97. The highest BCUT2D eigenvalue weighted by Gasteiger charge is 2.10. The van der Waals surface area contributed by atoms with Gasteiger partial charge >= 0.3 is 0 Å². The van der Waals surface area contributed by atoms with Gasteiger partial charge in [0.1, 0.15) is 5.82 Å². The zero-order valence-electron chi connectivity index (χ0n) is 9.39. The molecule has 0 amide bonds. The Morgan fingerprint density at radius 2 is 1.94 bits per heavy atom. The van der Waals surface area contributed by atoms with Gasteiger partial charge in [-0.3, -0.25) is 0 Å². The van der Waals surface area contributed by atoms with E-state index in [9.17, 15) is 9.50 Å². The van der Waals surface area contributed by atoms with Gasteiger partial charge in [0.25, 0.3) is 0 Å². The topological polar surface area (TPSA) is 20.2 Å². The van der Waals surface area contributed by atoms with Gasteiger partial charge < -0.3 is 5.11 Å². The minimum atomic E-state index is -0.455. The average molecular weight is 268 g/mol. The lowest BCUT2D eigenvalue weighted by Gasteiger charge is -2.07. The lowest BCUT2D eigenvalue weighted by molar-refractivity contribution is 0.208. The Balaban J connectivity index is 1.92. The van der Waals surface area contributed by atoms with Gasteiger partial charge in [0.2, 0.25) is 0 Å². The largest absolute Gasteiger partial charge is 0.387 e. The molecule has 0 aliphatic carbocycles. The highest BCUT2D eigenvalue weighted by atomic mass is 32.2. The number of hydrogen-bond donors (Lipinski definition) is 1. The van der Waals surface area contributed by atoms with Crippen LogP contribution in [0.3, 0.4) is 0 Å². The summed E-state index contributed by atoms with van der Waals surface area (Å²) >= 11 is 3.14. The van der Waals surface area contributed by atoms with Crippen molar-refractivity contribution in [1.82, 2.24) is 0 Å². The summed E-state index contributed by atoms with van der Waals surface area (Å²) in [6, 6.07) is 10.3. The molecule has 1 atom stereocenters. The number of thiophene rings is 1. The highest BCUT2D eigenvalue weighted by molar-refractivity contribution is 7.99. The molecule has 0 spiro atoms. The molecule has 0 saturated carbocycles. The van der Waals surface area contributed by atoms with Crippen LogP contribution in [-0.2, 0) is 0 Å². The van der Waals surface area contributed by atoms with Crippen LogP contribution in [0.4, 0.5) is 4.39 Å². The number of hydrogen-bond acceptors (Lipinski definition) is 3. The minimum absolute atomic E-state index is 0.233. The molecule has 0 aliphatic heterocycles. The molecule has 90 valence electrons. The second kappa shape index (κ2) is 5.67. The standard InChI is InChI=1S/C13H13FOS2/c1-9-2-7-13(17-9)12(15)8-16-11-5-3-10(14)4-6-11/h2-7,12,15H,8H2,1H3. The SMILES string of the molecule is Cc1ccc(C(O)CSc2ccc(F)cc2)s1. The second-order valence-corrected chi connectivity index (χ2v) is 6.14. The summed E-state index contributed by atoms with van der Waals surface area (Å²) in [4.78, 5) is 3.15. The smallest absolute Gasteiger partial charge is 0.123 e. The van der Waals surface area contributed by atoms with Crippen molar-refractivity contribution >= 4 is 23.1 Å². The summed E-state index contributed by atoms with van der Waals surface area (Å²) in [6.07, 6.45) is -0.455. The summed E-state index contributed by atoms with van der Waals surface area (Å²) in [5.74, 6) is 0.356. The molecule has 0 radical (unpaired) electrons. The normalized spacial score (nSPS) is 12.6. The molecule has 1 heterocycles. The summed E-state index contributed by atoms with van der Waals surface area (Å²) in [5.41, 5.74) is 0. The van der Waals surface area contributed by atoms with E-state index < -0.39 is 6.10 Å². The molecule has 0 bridgehead atoms. The van der Waals surface area contributed by atoms with Crippen LogP contribution >= 0.6 is 23.1 Å². The molecule has 1 unspecified atom stereocenters. The maximum absolute atomic E-state index is 12.7. The molecule has 2 rings (SSSR count). The fourth-order valence-electron chi connectivity index (χ4n) is 1.42. The van der Waals surface area contributed by atoms with Crippen LogP contribution in [0.15, 0.2) is 41.3 Å². The van der Waals surface area contributed by atoms with Gasteiger partial charge in [-0.15, -0.1) is 23.1 Å². The molecule has 1 aromatic heterocycles. The molecular weight excluding hydrogens is 255 g/mol. The van der Waals surface area contributed by atoms with Crippen LogP contribution in [0, 0.1) is 12.7 Å². The lowest BCUT2D eigenvalue weighted by atomic mass is 10.3. The third-order valence-corrected chi connectivity index (χ3v) is 4.50. The number of thioether (sulfide) groups is 1. The van der Waals surface area contributed by atoms with E-state index in [1.165, 1.54) is 28.8 Å². The van der Waals surface area contributed by atoms with E-state index in [1.807, 2.05) is 19.1 Å². The van der Waals surface area contributed by atoms with Crippen LogP contribution in [-0.4, -0.2) is 10.9 Å². The summed E-state index contributed by atoms with van der Waals surface area (Å²) in [6.45, 7) is 2.02. The van der Waals surface area contributed by atoms with E-state index in [1.54, 1.807) is 23.5 Å². The molecule has 0 aliphatic rings. The fraction of sp³-hybridized carbons (Fsp3) is 0.231. The Hall–Kier alpha value is -0.840. The Labute approximate surface area is 108 Å². The van der Waals surface area contributed by atoms with Gasteiger partial charge in [-0.1, -0.05) is 0 Å². The molecule has 2 aromatic rings. The van der Waals surface area contributed by atoms with Crippen LogP contribution < -0.4 is 0 Å². The molecule has 0 fully saturated rings. The van der Waals surface area contributed by atoms with Gasteiger partial charge in [-0.2, -0.15) is 0 Å². The van der Waals surface area contributed by atoms with Crippen LogP contribution in [0.2, 0.25) is 0 Å². The quantitative estimate of drug-likeness (QED) is 0.845. The first-order chi connectivity index (χ1) is 8.15. The van der Waals surface area contributed by atoms with Gasteiger partial charge in [0.15, 0.2) is 0 Å². The van der Waals surface area contributed by atoms with Crippen LogP contribution in [0.5, 0.6) is 0 Å². The van der Waals surface area contributed by atoms with Gasteiger partial charge in [-0.25, -0.2) is 4.39 Å². The molecule has 1 aromatic carbocycles. The third kappa shape index (κ3) is 3.56. The third-order valence-electron chi connectivity index (χ3n) is 2.31. The molecule has 17 heavy (non-hydrogen) atoms. The number of aliphatic hydroxyl groups excluding tert-OH is 1. The zero-order valence-corrected chi connectivity index (χ0v) is 11.0. The van der Waals surface area contributed by atoms with Crippen molar-refractivity contribution in [2.75, 3.05) is 5.75 Å². The van der Waals surface area contributed by atoms with Crippen molar-refractivity contribution in [2.45, 2.75) is 17.9 Å². The van der Waals surface area contributed by atoms with Gasteiger partial charge in [0.05, 0.1) is 6.10 Å². The van der Waals surface area contributed by atoms with E-state index in [2.05, 4.69) is 0 Å². The second-order valence-electron chi connectivity index (χ2n) is 3.73. The van der Waals surface area contributed by atoms with Crippen molar-refractivity contribution in [3.8, 4) is 0 Å². The predicted octanol–water partition coefficient (Wildman–Crippen LogP) is 4.02. The zero-order chi connectivity index (χ0) is 12.3. The van der Waals surface area contributed by atoms with Gasteiger partial charge in [0, 0.05) is 20.4 Å². The lowest BCUT2D eigenvalue weighted by Crippen LogP contribution is -1.97. The summed E-state index contributed by atoms with van der Waals surface area (Å²) < 4.78 is 12.7. The Bertz CT molecular complexity index is 478. The summed E-state index contributed by atoms with van der Waals surface area (Å²) in [7, 11) is 0. The van der Waals surface area contributed by atoms with Crippen molar-refractivity contribution in [3.63, 3.8) is 0 Å². The Morgan fingerprint density at radius 1 is 1.24 bits per heavy atom. The molecule has 0 saturated heterocycles. The number of benzene rings is 1. The fourth-order valence-corrected chi connectivity index (χ4v) is 3.25. The molecular formula is C13H13FOS2. The Morgan fingerprint density at radius 3 is 2.53 bits per heavy atom. The first kappa shape index (κ1) is 12.6. The maximum atomic E-state index is 12.7. The van der Waals surface area contributed by atoms with E-state index in [0.29, 0.717) is 5.75 Å². The number of rotatable bonds is 4. The van der Waals surface area contributed by atoms with E-state index in [0.717, 1.165) is 9.77 Å². The number of aryl methyl sites for hydroxylation is 1. The number of aliphatic hydroxyl groups is 1. The minimum Gasteiger partial charge on any atom is -0.387 e. The van der Waals surface area contributed by atoms with Crippen molar-refractivity contribution < 1.29 is 9.50 Å². The van der Waals surface area contributed by atoms with Crippen LogP contribution in [0.25, 0.3) is 0 Å². The average Bonchev–Trinajstić information content (AvgIpc) is 2.75. The maximum Gasteiger partial charge on any atom is 0.123 e. The first-order valence-electron chi connectivity index (χ1n) is 5.28. The van der Waals surface area contributed by atoms with E-state index in [4.69, 9.17) is 0 Å². The molecule has 4 heteroatoms. The van der Waals surface area contributed by atoms with E-state index in [-0.39, 0.29) is 5.82 Å². The molecule has 1 N–H and O–H groups in total. The van der Waals surface area contributed by atoms with Crippen LogP contribution in [0.1, 0.15) is 15.9 Å². The Kier molecular flexibility index (Phi) is 4.20. The predicted molar refractivity (Wildman–Crippen MR) is 71.1 cm³/mol. The van der Waals surface area contributed by atoms with E-state index >= 15 is 0 Å². The highest BCUT2D eigenvalue weighted by Crippen LogP contribution is 2.28. The van der Waals surface area contributed by atoms with Gasteiger partial charge in [-0.05, 0) is 43.3 Å². The van der Waals surface area contributed by atoms with Crippen molar-refractivity contribution in [2.24, 2.45) is 0 Å². The van der Waals surface area contributed by atoms with Crippen molar-refractivity contribution in [3.05, 3.63) is 52.0 Å². The molecule has 1 nitrogen and oxygen atoms in total. The number of halogens is 1. The first-order valence-corrected chi connectivity index (χ1v) is 7.08. The monoisotopic (exact) mass is 268 g/mol. The van der Waals surface area contributed by atoms with Crippen molar-refractivity contribution in [1.29, 1.82) is 0 Å².